The van der Waals surface area contributed by atoms with Gasteiger partial charge in [-0.15, -0.1) is 4.91 Å². The van der Waals surface area contributed by atoms with E-state index < -0.39 is 0 Å². The topological polar surface area (TPSA) is 49.7 Å². The standard InChI is InChI=1S/C6H5NO2/c8-6-3-1-2-5(4-6)7-9/h1-4,8H. The first-order valence-electron chi connectivity index (χ1n) is 2.45. The van der Waals surface area contributed by atoms with Crippen LogP contribution in [0.15, 0.2) is 29.4 Å². The Labute approximate surface area is 51.9 Å². The molecule has 0 unspecified atom stereocenters. The predicted octanol–water partition coefficient (Wildman–Crippen LogP) is 1.79. The van der Waals surface area contributed by atoms with Crippen molar-refractivity contribution in [3.8, 4) is 5.75 Å². The molecule has 3 heteroatoms. The normalized spacial score (nSPS) is 8.89. The second-order valence-electron chi connectivity index (χ2n) is 1.61. The molecule has 0 aliphatic carbocycles. The summed E-state index contributed by atoms with van der Waals surface area (Å²) in [5, 5.41) is 11.4. The molecule has 1 aromatic rings. The van der Waals surface area contributed by atoms with Gasteiger partial charge in [-0.2, -0.15) is 0 Å². The molecule has 0 aliphatic rings. The number of nitroso groups, excluding NO2 is 1. The Morgan fingerprint density at radius 2 is 2.22 bits per heavy atom. The average Bonchev–Trinajstić information content (AvgIpc) is 1.88. The van der Waals surface area contributed by atoms with Crippen LogP contribution in [0.1, 0.15) is 0 Å². The minimum absolute atomic E-state index is 0.0621. The van der Waals surface area contributed by atoms with E-state index in [0.29, 0.717) is 0 Å². The number of hydrogen-bond acceptors (Lipinski definition) is 3. The monoisotopic (exact) mass is 123 g/mol. The highest BCUT2D eigenvalue weighted by molar-refractivity contribution is 5.41. The van der Waals surface area contributed by atoms with Gasteiger partial charge >= 0.3 is 0 Å². The molecule has 0 aliphatic heterocycles. The molecular formula is C6H5NO2. The molecule has 0 fully saturated rings. The zero-order valence-corrected chi connectivity index (χ0v) is 4.61. The fourth-order valence-electron chi connectivity index (χ4n) is 0.550. The van der Waals surface area contributed by atoms with E-state index in [4.69, 9.17) is 5.11 Å². The summed E-state index contributed by atoms with van der Waals surface area (Å²) in [6.45, 7) is 0. The summed E-state index contributed by atoms with van der Waals surface area (Å²) in [5.41, 5.74) is 0.245. The van der Waals surface area contributed by atoms with Crippen molar-refractivity contribution in [1.29, 1.82) is 0 Å². The van der Waals surface area contributed by atoms with Crippen LogP contribution >= 0.6 is 0 Å². The molecular weight excluding hydrogens is 118 g/mol. The molecule has 0 bridgehead atoms. The summed E-state index contributed by atoms with van der Waals surface area (Å²) in [7, 11) is 0. The number of aromatic hydroxyl groups is 1. The highest BCUT2D eigenvalue weighted by atomic mass is 16.3. The summed E-state index contributed by atoms with van der Waals surface area (Å²) >= 11 is 0. The average molecular weight is 123 g/mol. The Balaban J connectivity index is 3.07. The number of phenols is 1. The van der Waals surface area contributed by atoms with Gasteiger partial charge in [-0.05, 0) is 17.3 Å². The number of hydrogen-bond donors (Lipinski definition) is 1. The van der Waals surface area contributed by atoms with Gasteiger partial charge in [0.15, 0.2) is 0 Å². The Bertz CT molecular complexity index is 222. The van der Waals surface area contributed by atoms with Gasteiger partial charge in [-0.1, -0.05) is 6.07 Å². The van der Waals surface area contributed by atoms with Crippen LogP contribution in [0.3, 0.4) is 0 Å². The van der Waals surface area contributed by atoms with Gasteiger partial charge < -0.3 is 5.11 Å². The van der Waals surface area contributed by atoms with Crippen molar-refractivity contribution in [2.45, 2.75) is 0 Å². The van der Waals surface area contributed by atoms with Crippen LogP contribution in [0, 0.1) is 4.91 Å². The molecule has 46 valence electrons. The van der Waals surface area contributed by atoms with Crippen LogP contribution in [0.4, 0.5) is 5.69 Å². The first-order valence-corrected chi connectivity index (χ1v) is 2.45. The summed E-state index contributed by atoms with van der Waals surface area (Å²) < 4.78 is 0. The molecule has 1 N–H and O–H groups in total. The van der Waals surface area contributed by atoms with Crippen molar-refractivity contribution < 1.29 is 5.11 Å². The van der Waals surface area contributed by atoms with Crippen LogP contribution in [-0.2, 0) is 0 Å². The highest BCUT2D eigenvalue weighted by Gasteiger charge is 1.89. The molecule has 1 rings (SSSR count). The molecule has 1 aromatic carbocycles. The second-order valence-corrected chi connectivity index (χ2v) is 1.61. The highest BCUT2D eigenvalue weighted by Crippen LogP contribution is 2.17. The largest absolute Gasteiger partial charge is 0.508 e. The lowest BCUT2D eigenvalue weighted by Gasteiger charge is -1.88. The van der Waals surface area contributed by atoms with Crippen molar-refractivity contribution in [2.75, 3.05) is 0 Å². The van der Waals surface area contributed by atoms with E-state index in [0.717, 1.165) is 0 Å². The van der Waals surface area contributed by atoms with Crippen LogP contribution in [-0.4, -0.2) is 5.11 Å². The Hall–Kier alpha value is -1.38. The number of phenolic OH excluding ortho intramolecular Hbond substituents is 1. The van der Waals surface area contributed by atoms with Crippen LogP contribution in [0.5, 0.6) is 5.75 Å². The smallest absolute Gasteiger partial charge is 0.117 e. The quantitative estimate of drug-likeness (QED) is 0.578. The lowest BCUT2D eigenvalue weighted by molar-refractivity contribution is 0.475. The maximum atomic E-state index is 9.80. The number of rotatable bonds is 1. The van der Waals surface area contributed by atoms with Crippen LogP contribution < -0.4 is 0 Å². The lowest BCUT2D eigenvalue weighted by Crippen LogP contribution is -1.61. The van der Waals surface area contributed by atoms with E-state index in [1.807, 2.05) is 0 Å². The number of nitrogens with zero attached hydrogens (tertiary/aromatic N) is 1. The third-order valence-corrected chi connectivity index (χ3v) is 0.935. The fraction of sp³-hybridized carbons (Fsp3) is 0. The lowest BCUT2D eigenvalue weighted by atomic mass is 10.3. The van der Waals surface area contributed by atoms with Crippen molar-refractivity contribution in [2.24, 2.45) is 5.18 Å². The molecule has 0 amide bonds. The van der Waals surface area contributed by atoms with Gasteiger partial charge in [0.05, 0.1) is 0 Å². The number of benzene rings is 1. The van der Waals surface area contributed by atoms with Crippen LogP contribution in [0.2, 0.25) is 0 Å². The molecule has 0 heterocycles. The van der Waals surface area contributed by atoms with Gasteiger partial charge in [-0.3, -0.25) is 0 Å². The zero-order chi connectivity index (χ0) is 6.69. The maximum absolute atomic E-state index is 9.80. The van der Waals surface area contributed by atoms with Gasteiger partial charge in [0.2, 0.25) is 0 Å². The van der Waals surface area contributed by atoms with E-state index in [1.165, 1.54) is 18.2 Å². The van der Waals surface area contributed by atoms with Crippen molar-refractivity contribution in [3.63, 3.8) is 0 Å². The van der Waals surface area contributed by atoms with Crippen molar-refractivity contribution in [3.05, 3.63) is 29.2 Å². The summed E-state index contributed by atoms with van der Waals surface area (Å²) in [5.74, 6) is 0.0621. The van der Waals surface area contributed by atoms with E-state index in [9.17, 15) is 4.91 Å². The third-order valence-electron chi connectivity index (χ3n) is 0.935. The summed E-state index contributed by atoms with van der Waals surface area (Å²) in [6.07, 6.45) is 0. The molecule has 0 atom stereocenters. The molecule has 3 nitrogen and oxygen atoms in total. The second kappa shape index (κ2) is 2.26. The predicted molar refractivity (Wildman–Crippen MR) is 33.6 cm³/mol. The minimum Gasteiger partial charge on any atom is -0.508 e. The first-order chi connectivity index (χ1) is 4.33. The van der Waals surface area contributed by atoms with Gasteiger partial charge in [0.1, 0.15) is 11.4 Å². The Morgan fingerprint density at radius 3 is 2.67 bits per heavy atom. The van der Waals surface area contributed by atoms with E-state index in [-0.39, 0.29) is 11.4 Å². The van der Waals surface area contributed by atoms with Gasteiger partial charge in [0, 0.05) is 6.07 Å². The van der Waals surface area contributed by atoms with E-state index in [2.05, 4.69) is 5.18 Å². The van der Waals surface area contributed by atoms with E-state index >= 15 is 0 Å². The summed E-state index contributed by atoms with van der Waals surface area (Å²) in [6, 6.07) is 5.86. The first kappa shape index (κ1) is 5.75. The van der Waals surface area contributed by atoms with Crippen molar-refractivity contribution in [1.82, 2.24) is 0 Å². The molecule has 0 aromatic heterocycles. The molecule has 0 saturated carbocycles. The Morgan fingerprint density at radius 1 is 1.44 bits per heavy atom. The molecule has 9 heavy (non-hydrogen) atoms. The maximum Gasteiger partial charge on any atom is 0.117 e. The van der Waals surface area contributed by atoms with E-state index in [1.54, 1.807) is 6.07 Å². The van der Waals surface area contributed by atoms with Gasteiger partial charge in [-0.25, -0.2) is 0 Å². The third kappa shape index (κ3) is 1.25. The SMILES string of the molecule is O=Nc1cccc(O)c1. The Kier molecular flexibility index (Phi) is 1.44. The minimum atomic E-state index is 0.0621. The summed E-state index contributed by atoms with van der Waals surface area (Å²) in [4.78, 5) is 9.80. The molecule has 0 saturated heterocycles. The molecule has 0 spiro atoms. The fourth-order valence-corrected chi connectivity index (χ4v) is 0.550. The van der Waals surface area contributed by atoms with Gasteiger partial charge in [0.25, 0.3) is 0 Å². The van der Waals surface area contributed by atoms with Crippen LogP contribution in [0.25, 0.3) is 0 Å². The zero-order valence-electron chi connectivity index (χ0n) is 4.61. The molecule has 0 radical (unpaired) electrons. The van der Waals surface area contributed by atoms with Crippen molar-refractivity contribution >= 4 is 5.69 Å².